The number of furan rings is 1. The molecular formula is C18H15BrN3O2+. The summed E-state index contributed by atoms with van der Waals surface area (Å²) in [6.45, 7) is 0. The van der Waals surface area contributed by atoms with Crippen LogP contribution in [0.4, 0.5) is 5.82 Å². The molecule has 0 fully saturated rings. The summed E-state index contributed by atoms with van der Waals surface area (Å²) in [6.07, 6.45) is 4.49. The average molecular weight is 385 g/mol. The maximum absolute atomic E-state index is 12.7. The molecule has 1 aliphatic rings. The molecule has 0 saturated carbocycles. The first kappa shape index (κ1) is 15.1. The normalized spacial score (nSPS) is 16.0. The summed E-state index contributed by atoms with van der Waals surface area (Å²) in [6, 6.07) is 13.4. The fraction of sp³-hybridized carbons (Fsp3) is 0.167. The Morgan fingerprint density at radius 3 is 2.79 bits per heavy atom. The number of halogens is 1. The number of carbonyl (C=O) groups is 1. The molecule has 3 aromatic rings. The third kappa shape index (κ3) is 2.85. The molecule has 24 heavy (non-hydrogen) atoms. The Labute approximate surface area is 147 Å². The Morgan fingerprint density at radius 1 is 1.21 bits per heavy atom. The van der Waals surface area contributed by atoms with Gasteiger partial charge in [0, 0.05) is 6.42 Å². The summed E-state index contributed by atoms with van der Waals surface area (Å²) in [5.41, 5.74) is 1.99. The largest absolute Gasteiger partial charge is 0.469 e. The third-order valence-corrected chi connectivity index (χ3v) is 4.42. The topological polar surface area (TPSA) is 59.0 Å². The summed E-state index contributed by atoms with van der Waals surface area (Å²) in [7, 11) is 0. The van der Waals surface area contributed by atoms with E-state index in [-0.39, 0.29) is 11.9 Å². The van der Waals surface area contributed by atoms with Crippen LogP contribution in [0, 0.1) is 0 Å². The molecular weight excluding hydrogens is 370 g/mol. The molecule has 2 aromatic heterocycles. The van der Waals surface area contributed by atoms with Crippen LogP contribution in [0.2, 0.25) is 0 Å². The van der Waals surface area contributed by atoms with Crippen molar-refractivity contribution >= 4 is 27.7 Å². The smallest absolute Gasteiger partial charge is 0.359 e. The van der Waals surface area contributed by atoms with Gasteiger partial charge in [-0.25, -0.2) is 9.78 Å². The Bertz CT molecular complexity index is 879. The second-order valence-electron chi connectivity index (χ2n) is 5.71. The molecule has 4 rings (SSSR count). The van der Waals surface area contributed by atoms with Crippen LogP contribution < -0.4 is 9.88 Å². The van der Waals surface area contributed by atoms with Crippen LogP contribution in [0.5, 0.6) is 0 Å². The van der Waals surface area contributed by atoms with Crippen molar-refractivity contribution in [2.75, 3.05) is 5.32 Å². The highest BCUT2D eigenvalue weighted by atomic mass is 79.9. The molecule has 1 aliphatic heterocycles. The molecule has 1 aromatic carbocycles. The lowest BCUT2D eigenvalue weighted by molar-refractivity contribution is -0.554. The van der Waals surface area contributed by atoms with Crippen LogP contribution >= 0.6 is 15.9 Å². The van der Waals surface area contributed by atoms with E-state index in [1.807, 2.05) is 30.3 Å². The van der Waals surface area contributed by atoms with E-state index in [4.69, 9.17) is 4.42 Å². The minimum absolute atomic E-state index is 0.00110. The van der Waals surface area contributed by atoms with E-state index in [1.54, 1.807) is 17.0 Å². The van der Waals surface area contributed by atoms with Crippen LogP contribution in [0.1, 0.15) is 21.8 Å². The fourth-order valence-electron chi connectivity index (χ4n) is 2.92. The molecule has 0 amide bonds. The lowest BCUT2D eigenvalue weighted by Crippen LogP contribution is -2.44. The highest BCUT2D eigenvalue weighted by Gasteiger charge is 2.41. The fourth-order valence-corrected chi connectivity index (χ4v) is 3.34. The molecule has 0 saturated heterocycles. The number of carbonyl (C=O) groups excluding carboxylic acids is 1. The van der Waals surface area contributed by atoms with Gasteiger partial charge < -0.3 is 4.42 Å². The van der Waals surface area contributed by atoms with Gasteiger partial charge in [-0.1, -0.05) is 30.3 Å². The van der Waals surface area contributed by atoms with Gasteiger partial charge in [-0.3, -0.25) is 5.32 Å². The van der Waals surface area contributed by atoms with Crippen molar-refractivity contribution < 1.29 is 13.8 Å². The number of nitrogens with zero attached hydrogens (tertiary/aromatic N) is 2. The zero-order valence-corrected chi connectivity index (χ0v) is 14.4. The number of hydrogen-bond acceptors (Lipinski definition) is 4. The van der Waals surface area contributed by atoms with Gasteiger partial charge in [-0.05, 0) is 33.6 Å². The van der Waals surface area contributed by atoms with Crippen molar-refractivity contribution in [1.29, 1.82) is 0 Å². The van der Waals surface area contributed by atoms with E-state index in [9.17, 15) is 4.79 Å². The van der Waals surface area contributed by atoms with Gasteiger partial charge in [-0.15, -0.1) is 0 Å². The van der Waals surface area contributed by atoms with E-state index in [0.717, 1.165) is 22.8 Å². The van der Waals surface area contributed by atoms with Gasteiger partial charge in [0.2, 0.25) is 6.04 Å². The molecule has 0 bridgehead atoms. The molecule has 3 heterocycles. The maximum atomic E-state index is 12.7. The summed E-state index contributed by atoms with van der Waals surface area (Å²) in [5.74, 6) is 1.54. The van der Waals surface area contributed by atoms with Gasteiger partial charge in [0.25, 0.3) is 0 Å². The van der Waals surface area contributed by atoms with Gasteiger partial charge in [0.1, 0.15) is 22.3 Å². The Kier molecular flexibility index (Phi) is 3.90. The SMILES string of the molecule is O=C1C(Cc2ccco2)Nc2c(Cc3ccccc3)nc(Br)c[n+]21. The number of anilines is 1. The van der Waals surface area contributed by atoms with Crippen LogP contribution in [-0.2, 0) is 12.8 Å². The van der Waals surface area contributed by atoms with Crippen molar-refractivity contribution in [2.24, 2.45) is 0 Å². The van der Waals surface area contributed by atoms with Crippen LogP contribution in [0.3, 0.4) is 0 Å². The minimum atomic E-state index is -0.346. The Hall–Kier alpha value is -2.47. The standard InChI is InChI=1S/C18H14BrN3O2/c19-16-11-22-17(14(20-16)9-12-5-2-1-3-6-12)21-15(18(22)23)10-13-7-4-8-24-13/h1-8,11,15H,9-10H2/p+1. The molecule has 120 valence electrons. The summed E-state index contributed by atoms with van der Waals surface area (Å²) >= 11 is 3.41. The minimum Gasteiger partial charge on any atom is -0.469 e. The van der Waals surface area contributed by atoms with Crippen LogP contribution in [-0.4, -0.2) is 16.9 Å². The molecule has 0 radical (unpaired) electrons. The zero-order chi connectivity index (χ0) is 16.5. The van der Waals surface area contributed by atoms with Crippen LogP contribution in [0.25, 0.3) is 0 Å². The summed E-state index contributed by atoms with van der Waals surface area (Å²) in [5, 5.41) is 3.31. The molecule has 1 N–H and O–H groups in total. The number of fused-ring (bicyclic) bond motifs is 1. The van der Waals surface area contributed by atoms with E-state index < -0.39 is 0 Å². The molecule has 0 spiro atoms. The lowest BCUT2D eigenvalue weighted by atomic mass is 10.1. The molecule has 5 nitrogen and oxygen atoms in total. The Morgan fingerprint density at radius 2 is 2.04 bits per heavy atom. The summed E-state index contributed by atoms with van der Waals surface area (Å²) < 4.78 is 7.65. The average Bonchev–Trinajstić information content (AvgIpc) is 3.19. The Balaban J connectivity index is 1.66. The summed E-state index contributed by atoms with van der Waals surface area (Å²) in [4.78, 5) is 17.3. The number of aromatic nitrogens is 2. The number of benzene rings is 1. The first-order valence-electron chi connectivity index (χ1n) is 7.69. The highest BCUT2D eigenvalue weighted by molar-refractivity contribution is 9.10. The predicted octanol–water partition coefficient (Wildman–Crippen LogP) is 2.99. The van der Waals surface area contributed by atoms with E-state index in [1.165, 1.54) is 0 Å². The number of rotatable bonds is 4. The monoisotopic (exact) mass is 384 g/mol. The van der Waals surface area contributed by atoms with E-state index in [0.29, 0.717) is 17.4 Å². The zero-order valence-electron chi connectivity index (χ0n) is 12.8. The number of hydrogen-bond donors (Lipinski definition) is 1. The highest BCUT2D eigenvalue weighted by Crippen LogP contribution is 2.22. The van der Waals surface area contributed by atoms with E-state index >= 15 is 0 Å². The van der Waals surface area contributed by atoms with Gasteiger partial charge in [0.05, 0.1) is 12.7 Å². The quantitative estimate of drug-likeness (QED) is 0.702. The first-order valence-corrected chi connectivity index (χ1v) is 8.48. The molecule has 6 heteroatoms. The third-order valence-electron chi connectivity index (χ3n) is 4.04. The molecule has 1 atom stereocenters. The lowest BCUT2D eigenvalue weighted by Gasteiger charge is -2.04. The van der Waals surface area contributed by atoms with Gasteiger partial charge in [-0.2, -0.15) is 4.57 Å². The van der Waals surface area contributed by atoms with Crippen LogP contribution in [0.15, 0.2) is 63.9 Å². The van der Waals surface area contributed by atoms with Crippen molar-refractivity contribution in [3.8, 4) is 0 Å². The second-order valence-corrected chi connectivity index (χ2v) is 6.52. The van der Waals surface area contributed by atoms with Crippen molar-refractivity contribution in [1.82, 2.24) is 4.98 Å². The predicted molar refractivity (Wildman–Crippen MR) is 91.8 cm³/mol. The second kappa shape index (κ2) is 6.20. The maximum Gasteiger partial charge on any atom is 0.359 e. The van der Waals surface area contributed by atoms with Crippen molar-refractivity contribution in [3.05, 3.63) is 76.5 Å². The van der Waals surface area contributed by atoms with E-state index in [2.05, 4.69) is 38.4 Å². The first-order chi connectivity index (χ1) is 11.7. The van der Waals surface area contributed by atoms with Crippen molar-refractivity contribution in [2.45, 2.75) is 18.9 Å². The molecule has 0 aliphatic carbocycles. The number of nitrogens with one attached hydrogen (secondary N) is 1. The molecule has 1 unspecified atom stereocenters. The van der Waals surface area contributed by atoms with Gasteiger partial charge in [0.15, 0.2) is 0 Å². The van der Waals surface area contributed by atoms with Gasteiger partial charge >= 0.3 is 11.7 Å². The van der Waals surface area contributed by atoms with Crippen molar-refractivity contribution in [3.63, 3.8) is 0 Å².